The normalized spacial score (nSPS) is 10.6. The summed E-state index contributed by atoms with van der Waals surface area (Å²) in [6.45, 7) is 4.96. The van der Waals surface area contributed by atoms with Crippen LogP contribution >= 0.6 is 0 Å². The third-order valence-electron chi connectivity index (χ3n) is 5.04. The van der Waals surface area contributed by atoms with E-state index in [1.807, 2.05) is 42.4 Å². The smallest absolute Gasteiger partial charge is 0.239 e. The number of amides is 1. The van der Waals surface area contributed by atoms with Gasteiger partial charge in [0.15, 0.2) is 5.82 Å². The number of anilines is 1. The standard InChI is InChI=1S/C24H29N5O2/c1-5-6-21-10-7-20(15-26-21)19-8-11-22(12-9-19)31-24-17-25-16-23(27-24)29(4)14-13-28(3)18(2)30/h7-12,15-17H,5-6,13-14H2,1-4H3. The Balaban J connectivity index is 1.63. The second kappa shape index (κ2) is 10.5. The lowest BCUT2D eigenvalue weighted by Crippen LogP contribution is -2.33. The van der Waals surface area contributed by atoms with Crippen molar-refractivity contribution in [3.05, 3.63) is 60.7 Å². The number of aryl methyl sites for hydroxylation is 1. The van der Waals surface area contributed by atoms with Gasteiger partial charge in [0.1, 0.15) is 5.75 Å². The number of carbonyl (C=O) groups excluding carboxylic acids is 1. The average Bonchev–Trinajstić information content (AvgIpc) is 2.78. The molecule has 0 bridgehead atoms. The van der Waals surface area contributed by atoms with Gasteiger partial charge in [-0.3, -0.25) is 14.8 Å². The van der Waals surface area contributed by atoms with E-state index in [-0.39, 0.29) is 5.91 Å². The van der Waals surface area contributed by atoms with E-state index in [9.17, 15) is 4.79 Å². The van der Waals surface area contributed by atoms with Crippen LogP contribution in [0.4, 0.5) is 5.82 Å². The minimum atomic E-state index is 0.0349. The fraction of sp³-hybridized carbons (Fsp3) is 0.333. The molecule has 0 unspecified atom stereocenters. The van der Waals surface area contributed by atoms with Crippen LogP contribution < -0.4 is 9.64 Å². The number of pyridine rings is 1. The summed E-state index contributed by atoms with van der Waals surface area (Å²) in [4.78, 5) is 28.3. The fourth-order valence-corrected chi connectivity index (χ4v) is 2.98. The quantitative estimate of drug-likeness (QED) is 0.518. The van der Waals surface area contributed by atoms with Crippen LogP contribution in [0.3, 0.4) is 0 Å². The molecule has 0 atom stereocenters. The summed E-state index contributed by atoms with van der Waals surface area (Å²) in [5.74, 6) is 1.82. The Bertz CT molecular complexity index is 990. The molecule has 0 N–H and O–H groups in total. The minimum absolute atomic E-state index is 0.0349. The van der Waals surface area contributed by atoms with Crippen molar-refractivity contribution in [1.82, 2.24) is 19.9 Å². The van der Waals surface area contributed by atoms with E-state index in [2.05, 4.69) is 34.0 Å². The van der Waals surface area contributed by atoms with E-state index < -0.39 is 0 Å². The Kier molecular flexibility index (Phi) is 7.54. The van der Waals surface area contributed by atoms with Gasteiger partial charge in [-0.05, 0) is 30.2 Å². The second-order valence-corrected chi connectivity index (χ2v) is 7.49. The highest BCUT2D eigenvalue weighted by molar-refractivity contribution is 5.72. The molecule has 0 aliphatic rings. The molecule has 162 valence electrons. The first-order valence-electron chi connectivity index (χ1n) is 10.4. The lowest BCUT2D eigenvalue weighted by Gasteiger charge is -2.22. The maximum absolute atomic E-state index is 11.4. The van der Waals surface area contributed by atoms with Gasteiger partial charge in [0, 0.05) is 51.6 Å². The zero-order valence-electron chi connectivity index (χ0n) is 18.6. The van der Waals surface area contributed by atoms with Crippen molar-refractivity contribution in [2.24, 2.45) is 0 Å². The zero-order chi connectivity index (χ0) is 22.2. The summed E-state index contributed by atoms with van der Waals surface area (Å²) in [6, 6.07) is 12.0. The first-order chi connectivity index (χ1) is 15.0. The molecule has 7 heteroatoms. The van der Waals surface area contributed by atoms with Gasteiger partial charge < -0.3 is 14.5 Å². The summed E-state index contributed by atoms with van der Waals surface area (Å²) < 4.78 is 5.89. The van der Waals surface area contributed by atoms with Crippen molar-refractivity contribution in [3.8, 4) is 22.8 Å². The Labute approximate surface area is 183 Å². The molecule has 0 fully saturated rings. The van der Waals surface area contributed by atoms with Crippen LogP contribution in [-0.2, 0) is 11.2 Å². The maximum Gasteiger partial charge on any atom is 0.239 e. The summed E-state index contributed by atoms with van der Waals surface area (Å²) in [5.41, 5.74) is 3.27. The molecule has 31 heavy (non-hydrogen) atoms. The van der Waals surface area contributed by atoms with Gasteiger partial charge in [0.05, 0.1) is 12.4 Å². The minimum Gasteiger partial charge on any atom is -0.437 e. The number of hydrogen-bond donors (Lipinski definition) is 0. The highest BCUT2D eigenvalue weighted by Gasteiger charge is 2.09. The number of benzene rings is 1. The molecule has 3 rings (SSSR count). The predicted molar refractivity (Wildman–Crippen MR) is 122 cm³/mol. The third kappa shape index (κ3) is 6.25. The molecule has 0 spiro atoms. The predicted octanol–water partition coefficient (Wildman–Crippen LogP) is 4.20. The molecular formula is C24H29N5O2. The van der Waals surface area contributed by atoms with Crippen LogP contribution in [0.15, 0.2) is 55.0 Å². The van der Waals surface area contributed by atoms with E-state index >= 15 is 0 Å². The van der Waals surface area contributed by atoms with Crippen molar-refractivity contribution < 1.29 is 9.53 Å². The number of aromatic nitrogens is 3. The van der Waals surface area contributed by atoms with Crippen LogP contribution in [0.25, 0.3) is 11.1 Å². The molecule has 0 saturated heterocycles. The third-order valence-corrected chi connectivity index (χ3v) is 5.04. The lowest BCUT2D eigenvalue weighted by atomic mass is 10.1. The molecule has 3 aromatic rings. The fourth-order valence-electron chi connectivity index (χ4n) is 2.98. The van der Waals surface area contributed by atoms with Crippen molar-refractivity contribution in [2.45, 2.75) is 26.7 Å². The largest absolute Gasteiger partial charge is 0.437 e. The van der Waals surface area contributed by atoms with E-state index in [1.165, 1.54) is 0 Å². The average molecular weight is 420 g/mol. The number of rotatable bonds is 9. The number of hydrogen-bond acceptors (Lipinski definition) is 6. The number of nitrogens with zero attached hydrogens (tertiary/aromatic N) is 5. The van der Waals surface area contributed by atoms with Crippen LogP contribution in [-0.4, -0.2) is 52.9 Å². The molecule has 2 aromatic heterocycles. The number of carbonyl (C=O) groups is 1. The van der Waals surface area contributed by atoms with Gasteiger partial charge in [-0.2, -0.15) is 4.98 Å². The number of likely N-dealkylation sites (N-methyl/N-ethyl adjacent to an activating group) is 2. The summed E-state index contributed by atoms with van der Waals surface area (Å²) in [5, 5.41) is 0. The highest BCUT2D eigenvalue weighted by Crippen LogP contribution is 2.25. The Morgan fingerprint density at radius 1 is 0.968 bits per heavy atom. The molecule has 0 aliphatic heterocycles. The van der Waals surface area contributed by atoms with E-state index in [1.54, 1.807) is 31.3 Å². The topological polar surface area (TPSA) is 71.5 Å². The van der Waals surface area contributed by atoms with Crippen LogP contribution in [0, 0.1) is 0 Å². The molecule has 1 amide bonds. The number of ether oxygens (including phenoxy) is 1. The summed E-state index contributed by atoms with van der Waals surface area (Å²) in [6.07, 6.45) is 7.26. The van der Waals surface area contributed by atoms with Gasteiger partial charge in [0.25, 0.3) is 0 Å². The molecule has 7 nitrogen and oxygen atoms in total. The summed E-state index contributed by atoms with van der Waals surface area (Å²) >= 11 is 0. The second-order valence-electron chi connectivity index (χ2n) is 7.49. The molecular weight excluding hydrogens is 390 g/mol. The van der Waals surface area contributed by atoms with Crippen molar-refractivity contribution in [2.75, 3.05) is 32.1 Å². The zero-order valence-corrected chi connectivity index (χ0v) is 18.6. The Morgan fingerprint density at radius 3 is 2.35 bits per heavy atom. The molecule has 0 saturated carbocycles. The first kappa shape index (κ1) is 22.2. The molecule has 0 radical (unpaired) electrons. The van der Waals surface area contributed by atoms with Gasteiger partial charge in [0.2, 0.25) is 11.8 Å². The van der Waals surface area contributed by atoms with Crippen molar-refractivity contribution in [1.29, 1.82) is 0 Å². The van der Waals surface area contributed by atoms with Gasteiger partial charge >= 0.3 is 0 Å². The van der Waals surface area contributed by atoms with E-state index in [4.69, 9.17) is 4.74 Å². The van der Waals surface area contributed by atoms with Gasteiger partial charge in [-0.15, -0.1) is 0 Å². The van der Waals surface area contributed by atoms with Crippen LogP contribution in [0.5, 0.6) is 11.6 Å². The van der Waals surface area contributed by atoms with Crippen molar-refractivity contribution in [3.63, 3.8) is 0 Å². The Hall–Kier alpha value is -3.48. The van der Waals surface area contributed by atoms with Crippen LogP contribution in [0.1, 0.15) is 26.0 Å². The molecule has 2 heterocycles. The lowest BCUT2D eigenvalue weighted by molar-refractivity contribution is -0.127. The highest BCUT2D eigenvalue weighted by atomic mass is 16.5. The van der Waals surface area contributed by atoms with E-state index in [0.29, 0.717) is 30.5 Å². The van der Waals surface area contributed by atoms with E-state index in [0.717, 1.165) is 29.7 Å². The first-order valence-corrected chi connectivity index (χ1v) is 10.4. The monoisotopic (exact) mass is 419 g/mol. The van der Waals surface area contributed by atoms with Gasteiger partial charge in [-0.25, -0.2) is 0 Å². The van der Waals surface area contributed by atoms with Gasteiger partial charge in [-0.1, -0.05) is 31.5 Å². The van der Waals surface area contributed by atoms with Crippen molar-refractivity contribution >= 4 is 11.7 Å². The summed E-state index contributed by atoms with van der Waals surface area (Å²) in [7, 11) is 3.69. The maximum atomic E-state index is 11.4. The Morgan fingerprint density at radius 2 is 1.71 bits per heavy atom. The molecule has 1 aromatic carbocycles. The SMILES string of the molecule is CCCc1ccc(-c2ccc(Oc3cncc(N(C)CCN(C)C(C)=O)n3)cc2)cn1. The van der Waals surface area contributed by atoms with Crippen LogP contribution in [0.2, 0.25) is 0 Å². The molecule has 0 aliphatic carbocycles.